The van der Waals surface area contributed by atoms with Crippen LogP contribution in [0.5, 0.6) is 11.5 Å². The molecule has 1 N–H and O–H groups in total. The summed E-state index contributed by atoms with van der Waals surface area (Å²) in [6, 6.07) is 7.56. The van der Waals surface area contributed by atoms with Gasteiger partial charge >= 0.3 is 0 Å². The number of hydrogen-bond donors (Lipinski definition) is 1. The Hall–Kier alpha value is -2.54. The second-order valence-electron chi connectivity index (χ2n) is 7.97. The van der Waals surface area contributed by atoms with E-state index in [0.717, 1.165) is 44.4 Å². The first-order valence-electron chi connectivity index (χ1n) is 10.3. The molecule has 0 radical (unpaired) electrons. The number of benzene rings is 1. The highest BCUT2D eigenvalue weighted by atomic mass is 32.1. The molecule has 29 heavy (non-hydrogen) atoms. The van der Waals surface area contributed by atoms with Crippen molar-refractivity contribution in [1.82, 2.24) is 4.90 Å². The lowest BCUT2D eigenvalue weighted by molar-refractivity contribution is -0.133. The van der Waals surface area contributed by atoms with Crippen LogP contribution in [0.25, 0.3) is 0 Å². The van der Waals surface area contributed by atoms with Gasteiger partial charge in [-0.1, -0.05) is 0 Å². The summed E-state index contributed by atoms with van der Waals surface area (Å²) in [5, 5.41) is 4.95. The fraction of sp³-hybridized carbons (Fsp3) is 0.455. The Kier molecular flexibility index (Phi) is 4.70. The molecule has 2 amide bonds. The van der Waals surface area contributed by atoms with Crippen LogP contribution >= 0.6 is 11.3 Å². The van der Waals surface area contributed by atoms with Crippen molar-refractivity contribution in [1.29, 1.82) is 0 Å². The number of carbonyl (C=O) groups excluding carboxylic acids is 2. The Bertz CT molecular complexity index is 948. The standard InChI is InChI=1S/C22H24N2O4S/c25-20(5-6-21(26)24-11-7-19-15(14-24)8-12-29-19)23-16-3-4-17-18(13-16)28-22(27-17)9-1-2-10-22/h3-4,8,12-13H,1-2,5-7,9-11,14H2,(H,23,25). The van der Waals surface area contributed by atoms with Crippen molar-refractivity contribution < 1.29 is 19.1 Å². The van der Waals surface area contributed by atoms with E-state index in [1.165, 1.54) is 10.4 Å². The molecule has 1 aliphatic carbocycles. The summed E-state index contributed by atoms with van der Waals surface area (Å²) in [7, 11) is 0. The van der Waals surface area contributed by atoms with Crippen LogP contribution in [0.3, 0.4) is 0 Å². The number of ether oxygens (including phenoxy) is 2. The van der Waals surface area contributed by atoms with Crippen LogP contribution in [-0.2, 0) is 22.6 Å². The van der Waals surface area contributed by atoms with E-state index >= 15 is 0 Å². The van der Waals surface area contributed by atoms with Gasteiger partial charge in [-0.25, -0.2) is 0 Å². The summed E-state index contributed by atoms with van der Waals surface area (Å²) in [5.41, 5.74) is 1.90. The highest BCUT2D eigenvalue weighted by Gasteiger charge is 2.44. The molecule has 2 aromatic rings. The molecule has 1 aromatic carbocycles. The SMILES string of the molecule is O=C(CCC(=O)N1CCc2sccc2C1)Nc1ccc2c(c1)OC1(CCCC1)O2. The monoisotopic (exact) mass is 412 g/mol. The summed E-state index contributed by atoms with van der Waals surface area (Å²) >= 11 is 1.75. The topological polar surface area (TPSA) is 67.9 Å². The van der Waals surface area contributed by atoms with Crippen molar-refractivity contribution >= 4 is 28.8 Å². The molecule has 0 atom stereocenters. The molecule has 3 aliphatic rings. The summed E-state index contributed by atoms with van der Waals surface area (Å²) in [5.74, 6) is 0.777. The van der Waals surface area contributed by atoms with Gasteiger partial charge in [0.2, 0.25) is 11.8 Å². The number of nitrogens with zero attached hydrogens (tertiary/aromatic N) is 1. The number of nitrogens with one attached hydrogen (secondary N) is 1. The first kappa shape index (κ1) is 18.5. The number of amides is 2. The van der Waals surface area contributed by atoms with Crippen LogP contribution in [0.4, 0.5) is 5.69 Å². The van der Waals surface area contributed by atoms with Crippen molar-refractivity contribution in [3.8, 4) is 11.5 Å². The molecule has 152 valence electrons. The molecule has 6 nitrogen and oxygen atoms in total. The van der Waals surface area contributed by atoms with Crippen LogP contribution in [-0.4, -0.2) is 29.0 Å². The van der Waals surface area contributed by atoms with Gasteiger partial charge in [-0.3, -0.25) is 9.59 Å². The van der Waals surface area contributed by atoms with Crippen LogP contribution < -0.4 is 14.8 Å². The van der Waals surface area contributed by atoms with E-state index in [-0.39, 0.29) is 24.7 Å². The third-order valence-electron chi connectivity index (χ3n) is 5.91. The van der Waals surface area contributed by atoms with Gasteiger partial charge in [0, 0.05) is 55.4 Å². The first-order chi connectivity index (χ1) is 14.1. The number of anilines is 1. The number of thiophene rings is 1. The Morgan fingerprint density at radius 2 is 1.93 bits per heavy atom. The largest absolute Gasteiger partial charge is 0.448 e. The summed E-state index contributed by atoms with van der Waals surface area (Å²) in [6.07, 6.45) is 5.31. The number of rotatable bonds is 4. The highest BCUT2D eigenvalue weighted by Crippen LogP contribution is 2.47. The molecular formula is C22H24N2O4S. The molecule has 0 unspecified atom stereocenters. The van der Waals surface area contributed by atoms with E-state index in [0.29, 0.717) is 18.0 Å². The van der Waals surface area contributed by atoms with Gasteiger partial charge in [-0.05, 0) is 48.4 Å². The lowest BCUT2D eigenvalue weighted by Gasteiger charge is -2.27. The Balaban J connectivity index is 1.14. The maximum Gasteiger partial charge on any atom is 0.251 e. The quantitative estimate of drug-likeness (QED) is 0.821. The molecule has 1 aromatic heterocycles. The fourth-order valence-corrected chi connectivity index (χ4v) is 5.24. The average Bonchev–Trinajstić information content (AvgIpc) is 3.45. The second kappa shape index (κ2) is 7.37. The van der Waals surface area contributed by atoms with Gasteiger partial charge in [0.05, 0.1) is 0 Å². The molecule has 1 spiro atoms. The van der Waals surface area contributed by atoms with E-state index in [2.05, 4.69) is 16.8 Å². The van der Waals surface area contributed by atoms with Crippen molar-refractivity contribution in [2.24, 2.45) is 0 Å². The predicted molar refractivity (Wildman–Crippen MR) is 110 cm³/mol. The normalized spacial score (nSPS) is 18.7. The maximum atomic E-state index is 12.5. The van der Waals surface area contributed by atoms with E-state index in [1.807, 2.05) is 23.1 Å². The van der Waals surface area contributed by atoms with Gasteiger partial charge in [0.15, 0.2) is 11.5 Å². The van der Waals surface area contributed by atoms with Crippen LogP contribution in [0.1, 0.15) is 49.0 Å². The molecule has 7 heteroatoms. The van der Waals surface area contributed by atoms with Gasteiger partial charge in [-0.15, -0.1) is 11.3 Å². The smallest absolute Gasteiger partial charge is 0.251 e. The summed E-state index contributed by atoms with van der Waals surface area (Å²) < 4.78 is 12.0. The van der Waals surface area contributed by atoms with E-state index in [9.17, 15) is 9.59 Å². The number of fused-ring (bicyclic) bond motifs is 2. The molecule has 1 saturated carbocycles. The molecule has 0 saturated heterocycles. The highest BCUT2D eigenvalue weighted by molar-refractivity contribution is 7.10. The Labute approximate surface area is 173 Å². The average molecular weight is 413 g/mol. The summed E-state index contributed by atoms with van der Waals surface area (Å²) in [4.78, 5) is 28.1. The minimum atomic E-state index is -0.506. The molecule has 1 fully saturated rings. The van der Waals surface area contributed by atoms with Crippen LogP contribution in [0.2, 0.25) is 0 Å². The van der Waals surface area contributed by atoms with Crippen molar-refractivity contribution in [2.75, 3.05) is 11.9 Å². The van der Waals surface area contributed by atoms with E-state index in [4.69, 9.17) is 9.47 Å². The van der Waals surface area contributed by atoms with Crippen molar-refractivity contribution in [3.05, 3.63) is 40.1 Å². The molecule has 3 heterocycles. The van der Waals surface area contributed by atoms with Gasteiger partial charge < -0.3 is 19.7 Å². The number of hydrogen-bond acceptors (Lipinski definition) is 5. The lowest BCUT2D eigenvalue weighted by atomic mass is 10.1. The zero-order valence-electron chi connectivity index (χ0n) is 16.2. The minimum absolute atomic E-state index is 0.0332. The zero-order valence-corrected chi connectivity index (χ0v) is 17.1. The Morgan fingerprint density at radius 1 is 1.10 bits per heavy atom. The predicted octanol–water partition coefficient (Wildman–Crippen LogP) is 4.09. The zero-order chi connectivity index (χ0) is 19.8. The second-order valence-corrected chi connectivity index (χ2v) is 8.97. The molecule has 2 aliphatic heterocycles. The van der Waals surface area contributed by atoms with E-state index < -0.39 is 5.79 Å². The van der Waals surface area contributed by atoms with E-state index in [1.54, 1.807) is 11.3 Å². The summed E-state index contributed by atoms with van der Waals surface area (Å²) in [6.45, 7) is 1.39. The number of carbonyl (C=O) groups is 2. The van der Waals surface area contributed by atoms with Gasteiger partial charge in [0.1, 0.15) is 0 Å². The van der Waals surface area contributed by atoms with Crippen LogP contribution in [0.15, 0.2) is 29.6 Å². The fourth-order valence-electron chi connectivity index (χ4n) is 4.35. The maximum absolute atomic E-state index is 12.5. The van der Waals surface area contributed by atoms with Gasteiger partial charge in [0.25, 0.3) is 5.79 Å². The third kappa shape index (κ3) is 3.71. The lowest BCUT2D eigenvalue weighted by Crippen LogP contribution is -2.35. The molecular weight excluding hydrogens is 388 g/mol. The Morgan fingerprint density at radius 3 is 2.79 bits per heavy atom. The van der Waals surface area contributed by atoms with Crippen LogP contribution in [0, 0.1) is 0 Å². The third-order valence-corrected chi connectivity index (χ3v) is 6.93. The first-order valence-corrected chi connectivity index (χ1v) is 11.1. The van der Waals surface area contributed by atoms with Gasteiger partial charge in [-0.2, -0.15) is 0 Å². The molecule has 5 rings (SSSR count). The van der Waals surface area contributed by atoms with Crippen molar-refractivity contribution in [3.63, 3.8) is 0 Å². The molecule has 0 bridgehead atoms. The van der Waals surface area contributed by atoms with Crippen molar-refractivity contribution in [2.45, 2.75) is 57.3 Å². The minimum Gasteiger partial charge on any atom is -0.448 e.